The van der Waals surface area contributed by atoms with E-state index in [4.69, 9.17) is 0 Å². The van der Waals surface area contributed by atoms with Gasteiger partial charge in [-0.2, -0.15) is 9.40 Å². The number of likely N-dealkylation sites (N-methyl/N-ethyl adjacent to an activating group) is 1. The molecule has 0 saturated carbocycles. The fourth-order valence-corrected chi connectivity index (χ4v) is 7.83. The van der Waals surface area contributed by atoms with Gasteiger partial charge in [-0.05, 0) is 58.2 Å². The van der Waals surface area contributed by atoms with Crippen molar-refractivity contribution in [2.24, 2.45) is 0 Å². The minimum absolute atomic E-state index is 0.0822. The van der Waals surface area contributed by atoms with E-state index in [9.17, 15) is 26.8 Å². The topological polar surface area (TPSA) is 159 Å². The Kier molecular flexibility index (Phi) is 7.90. The number of sulfonamides is 1. The molecule has 242 valence electrons. The van der Waals surface area contributed by atoms with Crippen LogP contribution >= 0.6 is 0 Å². The van der Waals surface area contributed by atoms with E-state index < -0.39 is 43.9 Å². The summed E-state index contributed by atoms with van der Waals surface area (Å²) in [6.07, 6.45) is 2.74. The predicted molar refractivity (Wildman–Crippen MR) is 166 cm³/mol. The molecule has 2 aromatic carbocycles. The molecule has 1 atom stereocenters. The monoisotopic (exact) mass is 653 g/mol. The van der Waals surface area contributed by atoms with E-state index in [2.05, 4.69) is 54.6 Å². The minimum atomic E-state index is -4.36. The number of nitrogens with one attached hydrogen (secondary N) is 4. The normalized spacial score (nSPS) is 18.4. The van der Waals surface area contributed by atoms with Gasteiger partial charge in [0.1, 0.15) is 17.3 Å². The summed E-state index contributed by atoms with van der Waals surface area (Å²) in [5, 5.41) is 12.6. The third kappa shape index (κ3) is 5.63. The Bertz CT molecular complexity index is 1910. The lowest BCUT2D eigenvalue weighted by Crippen LogP contribution is -2.50. The number of carbonyl (C=O) groups is 2. The van der Waals surface area contributed by atoms with Crippen molar-refractivity contribution in [2.45, 2.75) is 43.8 Å². The predicted octanol–water partition coefficient (Wildman–Crippen LogP) is 3.50. The lowest BCUT2D eigenvalue weighted by Gasteiger charge is -2.40. The van der Waals surface area contributed by atoms with Gasteiger partial charge in [-0.3, -0.25) is 14.7 Å². The third-order valence-corrected chi connectivity index (χ3v) is 10.5. The molecule has 2 aliphatic heterocycles. The van der Waals surface area contributed by atoms with Gasteiger partial charge in [-0.15, -0.1) is 0 Å². The Balaban J connectivity index is 1.30. The van der Waals surface area contributed by atoms with Crippen LogP contribution in [0.5, 0.6) is 0 Å². The first-order valence-electron chi connectivity index (χ1n) is 14.5. The van der Waals surface area contributed by atoms with E-state index in [1.807, 2.05) is 6.07 Å². The van der Waals surface area contributed by atoms with Crippen molar-refractivity contribution in [1.82, 2.24) is 29.4 Å². The highest BCUT2D eigenvalue weighted by Crippen LogP contribution is 2.44. The number of aromatic amines is 2. The maximum atomic E-state index is 13.9. The van der Waals surface area contributed by atoms with Crippen molar-refractivity contribution < 1.29 is 26.8 Å². The lowest BCUT2D eigenvalue weighted by atomic mass is 10.0. The van der Waals surface area contributed by atoms with Crippen molar-refractivity contribution in [3.63, 3.8) is 0 Å². The number of H-pyrrole nitrogens is 2. The molecule has 4 N–H and O–H groups in total. The third-order valence-electron chi connectivity index (χ3n) is 8.46. The number of imidazole rings is 1. The molecule has 2 aliphatic rings. The highest BCUT2D eigenvalue weighted by molar-refractivity contribution is 7.89. The van der Waals surface area contributed by atoms with Crippen LogP contribution in [0.15, 0.2) is 53.8 Å². The molecule has 16 heteroatoms. The fraction of sp³-hybridized carbons (Fsp3) is 0.333. The summed E-state index contributed by atoms with van der Waals surface area (Å²) >= 11 is 0. The molecule has 46 heavy (non-hydrogen) atoms. The van der Waals surface area contributed by atoms with Gasteiger partial charge in [-0.1, -0.05) is 0 Å². The Labute approximate surface area is 264 Å². The molecule has 4 heterocycles. The van der Waals surface area contributed by atoms with Crippen LogP contribution in [0.4, 0.5) is 26.0 Å². The summed E-state index contributed by atoms with van der Waals surface area (Å²) in [6, 6.07) is 7.47. The van der Waals surface area contributed by atoms with Crippen LogP contribution in [0.3, 0.4) is 0 Å². The summed E-state index contributed by atoms with van der Waals surface area (Å²) in [5.74, 6) is -3.05. The Morgan fingerprint density at radius 3 is 2.46 bits per heavy atom. The zero-order valence-corrected chi connectivity index (χ0v) is 26.4. The Hall–Kier alpha value is -4.67. The molecule has 4 aromatic rings. The van der Waals surface area contributed by atoms with Crippen molar-refractivity contribution >= 4 is 39.0 Å². The molecule has 2 aromatic heterocycles. The average molecular weight is 654 g/mol. The van der Waals surface area contributed by atoms with E-state index in [0.717, 1.165) is 41.8 Å². The number of amides is 2. The van der Waals surface area contributed by atoms with Gasteiger partial charge < -0.3 is 25.4 Å². The van der Waals surface area contributed by atoms with Gasteiger partial charge in [0.2, 0.25) is 10.0 Å². The number of rotatable bonds is 7. The molecule has 0 bridgehead atoms. The molecule has 0 spiro atoms. The van der Waals surface area contributed by atoms with Gasteiger partial charge in [0.25, 0.3) is 11.8 Å². The second kappa shape index (κ2) is 11.6. The average Bonchev–Trinajstić information content (AvgIpc) is 3.71. The van der Waals surface area contributed by atoms with Gasteiger partial charge in [0.15, 0.2) is 5.82 Å². The SMILES string of the molecule is CC1CN(C)CCN1c1ccc(C(=O)Nc2n[nH]c3c2CN(S(=O)(=O)c2cc(F)cc(F)c2)C3(C)C)c(NC(=O)c2cnc[nH]2)c1. The number of aromatic nitrogens is 4. The summed E-state index contributed by atoms with van der Waals surface area (Å²) in [4.78, 5) is 37.3. The number of fused-ring (bicyclic) bond motifs is 1. The summed E-state index contributed by atoms with van der Waals surface area (Å²) in [5.41, 5.74) is 1.04. The Morgan fingerprint density at radius 2 is 1.78 bits per heavy atom. The van der Waals surface area contributed by atoms with Crippen LogP contribution in [-0.2, 0) is 22.1 Å². The first-order chi connectivity index (χ1) is 21.8. The van der Waals surface area contributed by atoms with Crippen molar-refractivity contribution in [1.29, 1.82) is 0 Å². The molecule has 13 nitrogen and oxygen atoms in total. The van der Waals surface area contributed by atoms with Crippen molar-refractivity contribution in [3.8, 4) is 0 Å². The van der Waals surface area contributed by atoms with Crippen molar-refractivity contribution in [2.75, 3.05) is 42.2 Å². The van der Waals surface area contributed by atoms with Crippen LogP contribution in [0.2, 0.25) is 0 Å². The highest BCUT2D eigenvalue weighted by atomic mass is 32.2. The van der Waals surface area contributed by atoms with E-state index in [1.54, 1.807) is 26.0 Å². The summed E-state index contributed by atoms with van der Waals surface area (Å²) in [6.45, 7) is 7.58. The number of hydrogen-bond donors (Lipinski definition) is 4. The molecular formula is C30H33F2N9O4S. The molecule has 0 radical (unpaired) electrons. The summed E-state index contributed by atoms with van der Waals surface area (Å²) in [7, 11) is -2.31. The molecule has 1 saturated heterocycles. The number of piperazine rings is 1. The van der Waals surface area contributed by atoms with Gasteiger partial charge >= 0.3 is 0 Å². The Morgan fingerprint density at radius 1 is 1.04 bits per heavy atom. The number of halogens is 2. The summed E-state index contributed by atoms with van der Waals surface area (Å²) < 4.78 is 56.1. The number of hydrogen-bond acceptors (Lipinski definition) is 8. The first kappa shape index (κ1) is 31.3. The van der Waals surface area contributed by atoms with E-state index in [1.165, 1.54) is 12.5 Å². The highest BCUT2D eigenvalue weighted by Gasteiger charge is 2.48. The number of benzene rings is 2. The second-order valence-corrected chi connectivity index (χ2v) is 13.9. The molecular weight excluding hydrogens is 620 g/mol. The van der Waals surface area contributed by atoms with Crippen molar-refractivity contribution in [3.05, 3.63) is 83.1 Å². The van der Waals surface area contributed by atoms with Crippen LogP contribution in [0.25, 0.3) is 0 Å². The number of carbonyl (C=O) groups excluding carboxylic acids is 2. The lowest BCUT2D eigenvalue weighted by molar-refractivity contribution is 0.102. The van der Waals surface area contributed by atoms with Crippen LogP contribution < -0.4 is 15.5 Å². The van der Waals surface area contributed by atoms with Gasteiger partial charge in [-0.25, -0.2) is 22.2 Å². The standard InChI is InChI=1S/C30H33F2N9O4S/c1-17-14-39(4)7-8-40(17)20-5-6-22(24(12-20)35-29(43)25-13-33-16-34-25)28(42)36-27-23-15-41(30(2,3)26(23)37-38-27)46(44,45)21-10-18(31)9-19(32)11-21/h5-6,9-13,16-17H,7-8,14-15H2,1-4H3,(H,33,34)(H,35,43)(H2,36,37,38,42). The molecule has 2 amide bonds. The molecule has 0 aliphatic carbocycles. The quantitative estimate of drug-likeness (QED) is 0.236. The molecule has 6 rings (SSSR count). The van der Waals surface area contributed by atoms with Crippen LogP contribution in [-0.4, -0.2) is 82.3 Å². The van der Waals surface area contributed by atoms with E-state index >= 15 is 0 Å². The zero-order valence-electron chi connectivity index (χ0n) is 25.6. The second-order valence-electron chi connectivity index (χ2n) is 12.0. The fourth-order valence-electron chi connectivity index (χ4n) is 6.06. The maximum Gasteiger partial charge on any atom is 0.273 e. The molecule has 1 fully saturated rings. The minimum Gasteiger partial charge on any atom is -0.366 e. The van der Waals surface area contributed by atoms with E-state index in [0.29, 0.717) is 17.3 Å². The number of anilines is 3. The largest absolute Gasteiger partial charge is 0.366 e. The van der Waals surface area contributed by atoms with E-state index in [-0.39, 0.29) is 35.3 Å². The van der Waals surface area contributed by atoms with Crippen LogP contribution in [0.1, 0.15) is 52.9 Å². The zero-order chi connectivity index (χ0) is 33.0. The molecule has 1 unspecified atom stereocenters. The first-order valence-corrected chi connectivity index (χ1v) is 16.0. The van der Waals surface area contributed by atoms with Crippen LogP contribution in [0, 0.1) is 11.6 Å². The maximum absolute atomic E-state index is 13.9. The van der Waals surface area contributed by atoms with Gasteiger partial charge in [0, 0.05) is 49.5 Å². The smallest absolute Gasteiger partial charge is 0.273 e. The van der Waals surface area contributed by atoms with Gasteiger partial charge in [0.05, 0.1) is 39.9 Å². The number of nitrogens with zero attached hydrogens (tertiary/aromatic N) is 5.